The van der Waals surface area contributed by atoms with Crippen molar-refractivity contribution in [3.05, 3.63) is 139 Å². The molecule has 1 saturated heterocycles. The van der Waals surface area contributed by atoms with Crippen molar-refractivity contribution >= 4 is 23.7 Å². The molecule has 7 rings (SSSR count). The van der Waals surface area contributed by atoms with Gasteiger partial charge in [-0.15, -0.1) is 0 Å². The maximum absolute atomic E-state index is 6.42. The van der Waals surface area contributed by atoms with Gasteiger partial charge in [-0.3, -0.25) is 0 Å². The first kappa shape index (κ1) is 30.1. The Kier molecular flexibility index (Phi) is 7.84. The minimum absolute atomic E-state index is 0.395. The van der Waals surface area contributed by atoms with Crippen molar-refractivity contribution in [3.63, 3.8) is 0 Å². The Morgan fingerprint density at radius 3 is 1.83 bits per heavy atom. The lowest BCUT2D eigenvalue weighted by Crippen LogP contribution is -2.41. The number of nitrogens with one attached hydrogen (secondary N) is 1. The van der Waals surface area contributed by atoms with Crippen LogP contribution in [0.2, 0.25) is 0 Å². The molecule has 0 spiro atoms. The van der Waals surface area contributed by atoms with Gasteiger partial charge < -0.3 is 19.5 Å². The molecule has 46 heavy (non-hydrogen) atoms. The van der Waals surface area contributed by atoms with Crippen LogP contribution in [0.5, 0.6) is 0 Å². The summed E-state index contributed by atoms with van der Waals surface area (Å²) in [5.41, 5.74) is 12.2. The molecule has 0 aliphatic carbocycles. The first-order valence-electron chi connectivity index (χ1n) is 16.2. The monoisotopic (exact) mass is 604 g/mol. The molecule has 1 N–H and O–H groups in total. The summed E-state index contributed by atoms with van der Waals surface area (Å²) in [7, 11) is 1.70. The molecule has 0 unspecified atom stereocenters. The fraction of sp³-hybridized carbons (Fsp3) is 0.220. The van der Waals surface area contributed by atoms with Crippen LogP contribution in [-0.4, -0.2) is 43.4 Å². The maximum atomic E-state index is 6.42. The highest BCUT2D eigenvalue weighted by Gasteiger charge is 2.51. The van der Waals surface area contributed by atoms with Gasteiger partial charge >= 0.3 is 7.12 Å². The normalized spacial score (nSPS) is 18.3. The Hall–Kier alpha value is -4.58. The van der Waals surface area contributed by atoms with E-state index >= 15 is 0 Å². The van der Waals surface area contributed by atoms with Crippen molar-refractivity contribution in [2.75, 3.05) is 20.1 Å². The Balaban J connectivity index is 1.33. The van der Waals surface area contributed by atoms with Gasteiger partial charge in [0.05, 0.1) is 11.2 Å². The van der Waals surface area contributed by atoms with Gasteiger partial charge in [-0.1, -0.05) is 78.9 Å². The molecular weight excluding hydrogens is 563 g/mol. The SMILES string of the molecule is CN1C=CC=C(c2cccc(-c3cc(-c4cccc(B5OC(C)(C)C(C)(C)O5)c4)cc(-c4cccc(C5=CNCC=C5)c4)c3)c2)C1. The first-order valence-corrected chi connectivity index (χ1v) is 16.2. The Morgan fingerprint density at radius 2 is 1.22 bits per heavy atom. The molecule has 5 heteroatoms. The molecule has 0 saturated carbocycles. The summed E-state index contributed by atoms with van der Waals surface area (Å²) >= 11 is 0. The van der Waals surface area contributed by atoms with E-state index in [1.165, 1.54) is 44.5 Å². The fourth-order valence-corrected chi connectivity index (χ4v) is 6.27. The number of nitrogens with zero attached hydrogens (tertiary/aromatic N) is 1. The van der Waals surface area contributed by atoms with Crippen molar-refractivity contribution in [2.24, 2.45) is 0 Å². The van der Waals surface area contributed by atoms with Crippen LogP contribution in [0.25, 0.3) is 44.5 Å². The summed E-state index contributed by atoms with van der Waals surface area (Å²) in [6.45, 7) is 10.2. The third kappa shape index (κ3) is 6.01. The summed E-state index contributed by atoms with van der Waals surface area (Å²) in [5.74, 6) is 0. The molecule has 3 heterocycles. The highest BCUT2D eigenvalue weighted by atomic mass is 16.7. The second-order valence-corrected chi connectivity index (χ2v) is 13.5. The lowest BCUT2D eigenvalue weighted by molar-refractivity contribution is 0.00578. The fourth-order valence-electron chi connectivity index (χ4n) is 6.27. The Bertz CT molecular complexity index is 1900. The largest absolute Gasteiger partial charge is 0.494 e. The van der Waals surface area contributed by atoms with E-state index in [9.17, 15) is 0 Å². The molecule has 0 amide bonds. The van der Waals surface area contributed by atoms with Crippen LogP contribution in [-0.2, 0) is 9.31 Å². The molecular formula is C41H41BN2O2. The first-order chi connectivity index (χ1) is 22.1. The van der Waals surface area contributed by atoms with Crippen LogP contribution < -0.4 is 10.8 Å². The van der Waals surface area contributed by atoms with E-state index in [4.69, 9.17) is 9.31 Å². The molecule has 0 bridgehead atoms. The zero-order chi connectivity index (χ0) is 31.9. The topological polar surface area (TPSA) is 33.7 Å². The number of likely N-dealkylation sites (N-methyl/N-ethyl adjacent to an activating group) is 1. The molecule has 3 aliphatic rings. The van der Waals surface area contributed by atoms with Crippen LogP contribution >= 0.6 is 0 Å². The quantitative estimate of drug-likeness (QED) is 0.225. The Labute approximate surface area is 273 Å². The van der Waals surface area contributed by atoms with Crippen molar-refractivity contribution < 1.29 is 9.31 Å². The van der Waals surface area contributed by atoms with E-state index in [-0.39, 0.29) is 0 Å². The van der Waals surface area contributed by atoms with Crippen molar-refractivity contribution in [1.82, 2.24) is 10.2 Å². The van der Waals surface area contributed by atoms with Crippen LogP contribution in [0.4, 0.5) is 0 Å². The van der Waals surface area contributed by atoms with Gasteiger partial charge in [0, 0.05) is 26.3 Å². The smallest absolute Gasteiger partial charge is 0.399 e. The predicted octanol–water partition coefficient (Wildman–Crippen LogP) is 8.33. The molecule has 4 aromatic rings. The number of hydrogen-bond donors (Lipinski definition) is 1. The van der Waals surface area contributed by atoms with E-state index in [2.05, 4.69) is 173 Å². The molecule has 3 aliphatic heterocycles. The van der Waals surface area contributed by atoms with Gasteiger partial charge in [0.2, 0.25) is 0 Å². The molecule has 1 fully saturated rings. The molecule has 4 nitrogen and oxygen atoms in total. The van der Waals surface area contributed by atoms with Gasteiger partial charge in [0.15, 0.2) is 0 Å². The van der Waals surface area contributed by atoms with Gasteiger partial charge in [-0.2, -0.15) is 0 Å². The van der Waals surface area contributed by atoms with E-state index in [0.717, 1.165) is 29.7 Å². The van der Waals surface area contributed by atoms with Gasteiger partial charge in [0.1, 0.15) is 0 Å². The predicted molar refractivity (Wildman–Crippen MR) is 193 cm³/mol. The lowest BCUT2D eigenvalue weighted by atomic mass is 9.77. The molecule has 0 radical (unpaired) electrons. The van der Waals surface area contributed by atoms with E-state index in [0.29, 0.717) is 0 Å². The third-order valence-electron chi connectivity index (χ3n) is 9.62. The number of allylic oxidation sites excluding steroid dienone is 4. The average Bonchev–Trinajstić information content (AvgIpc) is 3.31. The summed E-state index contributed by atoms with van der Waals surface area (Å²) in [6, 6.07) is 33.3. The zero-order valence-corrected chi connectivity index (χ0v) is 27.4. The standard InChI is InChI=1S/C41H41BN2O2/c1-40(2)41(3,4)46-42(45-40)39-18-8-15-33(26-39)38-24-36(31-13-6-11-29(21-31)34-16-9-19-43-27-34)23-37(25-38)32-14-7-12-30(22-32)35-17-10-20-44(5)28-35/h6-18,20-27,43H,19,28H2,1-5H3. The number of benzene rings is 4. The van der Waals surface area contributed by atoms with E-state index in [1.807, 2.05) is 0 Å². The zero-order valence-electron chi connectivity index (χ0n) is 27.4. The number of dihydropyridines is 1. The van der Waals surface area contributed by atoms with Crippen molar-refractivity contribution in [1.29, 1.82) is 0 Å². The van der Waals surface area contributed by atoms with Crippen LogP contribution in [0, 0.1) is 0 Å². The highest BCUT2D eigenvalue weighted by Crippen LogP contribution is 2.38. The number of hydrogen-bond acceptors (Lipinski definition) is 4. The summed E-state index contributed by atoms with van der Waals surface area (Å²) in [6.07, 6.45) is 12.9. The lowest BCUT2D eigenvalue weighted by Gasteiger charge is -2.32. The van der Waals surface area contributed by atoms with E-state index < -0.39 is 18.3 Å². The molecule has 0 aromatic heterocycles. The minimum Gasteiger partial charge on any atom is -0.399 e. The van der Waals surface area contributed by atoms with Gasteiger partial charge in [-0.25, -0.2) is 0 Å². The van der Waals surface area contributed by atoms with Gasteiger partial charge in [0.25, 0.3) is 0 Å². The van der Waals surface area contributed by atoms with Crippen LogP contribution in [0.3, 0.4) is 0 Å². The number of rotatable bonds is 6. The van der Waals surface area contributed by atoms with Crippen LogP contribution in [0.1, 0.15) is 38.8 Å². The Morgan fingerprint density at radius 1 is 0.674 bits per heavy atom. The van der Waals surface area contributed by atoms with Gasteiger partial charge in [-0.05, 0) is 131 Å². The minimum atomic E-state index is -0.414. The van der Waals surface area contributed by atoms with Crippen LogP contribution in [0.15, 0.2) is 128 Å². The second-order valence-electron chi connectivity index (χ2n) is 13.5. The molecule has 0 atom stereocenters. The second kappa shape index (κ2) is 12.0. The average molecular weight is 605 g/mol. The highest BCUT2D eigenvalue weighted by molar-refractivity contribution is 6.62. The molecule has 230 valence electrons. The molecule has 4 aromatic carbocycles. The van der Waals surface area contributed by atoms with Crippen molar-refractivity contribution in [2.45, 2.75) is 38.9 Å². The van der Waals surface area contributed by atoms with E-state index in [1.54, 1.807) is 0 Å². The summed E-state index contributed by atoms with van der Waals surface area (Å²) < 4.78 is 12.8. The third-order valence-corrected chi connectivity index (χ3v) is 9.62. The summed E-state index contributed by atoms with van der Waals surface area (Å²) in [4.78, 5) is 2.22. The van der Waals surface area contributed by atoms with Crippen molar-refractivity contribution in [3.8, 4) is 33.4 Å². The maximum Gasteiger partial charge on any atom is 0.494 e. The summed E-state index contributed by atoms with van der Waals surface area (Å²) in [5, 5.41) is 3.35.